The van der Waals surface area contributed by atoms with Gasteiger partial charge in [0.2, 0.25) is 0 Å². The lowest BCUT2D eigenvalue weighted by Crippen LogP contribution is -2.44. The van der Waals surface area contributed by atoms with Crippen LogP contribution in [0.1, 0.15) is 27.2 Å². The summed E-state index contributed by atoms with van der Waals surface area (Å²) in [6, 6.07) is 3.97. The summed E-state index contributed by atoms with van der Waals surface area (Å²) in [5.41, 5.74) is -0.263. The Morgan fingerprint density at radius 2 is 2.17 bits per heavy atom. The number of rotatable bonds is 5. The average molecular weight is 274 g/mol. The molecular weight excluding hydrogens is 257 g/mol. The molecule has 0 aliphatic heterocycles. The molecule has 18 heavy (non-hydrogen) atoms. The molecule has 0 aliphatic rings. The van der Waals surface area contributed by atoms with E-state index in [-0.39, 0.29) is 23.1 Å². The summed E-state index contributed by atoms with van der Waals surface area (Å²) in [7, 11) is 0. The highest BCUT2D eigenvalue weighted by Crippen LogP contribution is 2.21. The van der Waals surface area contributed by atoms with Crippen molar-refractivity contribution in [3.8, 4) is 5.75 Å². The molecule has 100 valence electrons. The van der Waals surface area contributed by atoms with E-state index in [1.807, 2.05) is 20.8 Å². The van der Waals surface area contributed by atoms with Crippen molar-refractivity contribution < 1.29 is 13.9 Å². The van der Waals surface area contributed by atoms with Crippen molar-refractivity contribution in [2.24, 2.45) is 0 Å². The summed E-state index contributed by atoms with van der Waals surface area (Å²) in [6.07, 6.45) is 0.821. The van der Waals surface area contributed by atoms with Crippen LogP contribution in [0.25, 0.3) is 0 Å². The average Bonchev–Trinajstić information content (AvgIpc) is 2.30. The van der Waals surface area contributed by atoms with Crippen LogP contribution in [0, 0.1) is 5.82 Å². The van der Waals surface area contributed by atoms with E-state index in [1.165, 1.54) is 18.2 Å². The molecule has 0 aromatic heterocycles. The Hall–Kier alpha value is -1.29. The Kier molecular flexibility index (Phi) is 4.96. The molecule has 0 aliphatic carbocycles. The molecule has 1 aromatic rings. The lowest BCUT2D eigenvalue weighted by Gasteiger charge is -2.24. The Labute approximate surface area is 111 Å². The SMILES string of the molecule is CCC(C)(C)NC(=O)COc1ccc(F)c(Cl)c1. The summed E-state index contributed by atoms with van der Waals surface area (Å²) in [5.74, 6) is -0.367. The lowest BCUT2D eigenvalue weighted by molar-refractivity contribution is -0.124. The molecule has 1 amide bonds. The number of benzene rings is 1. The number of hydrogen-bond donors (Lipinski definition) is 1. The molecule has 0 atom stereocenters. The molecular formula is C13H17ClFNO2. The molecule has 1 aromatic carbocycles. The minimum Gasteiger partial charge on any atom is -0.484 e. The maximum Gasteiger partial charge on any atom is 0.258 e. The lowest BCUT2D eigenvalue weighted by atomic mass is 10.0. The first kappa shape index (κ1) is 14.8. The molecule has 0 unspecified atom stereocenters. The second-order valence-electron chi connectivity index (χ2n) is 4.65. The molecule has 0 spiro atoms. The van der Waals surface area contributed by atoms with Crippen LogP contribution in [0.3, 0.4) is 0 Å². The van der Waals surface area contributed by atoms with Crippen LogP contribution in [0.4, 0.5) is 4.39 Å². The highest BCUT2D eigenvalue weighted by Gasteiger charge is 2.17. The predicted octanol–water partition coefficient (Wildman–Crippen LogP) is 3.16. The summed E-state index contributed by atoms with van der Waals surface area (Å²) in [6.45, 7) is 5.73. The van der Waals surface area contributed by atoms with Gasteiger partial charge >= 0.3 is 0 Å². The van der Waals surface area contributed by atoms with Crippen LogP contribution < -0.4 is 10.1 Å². The smallest absolute Gasteiger partial charge is 0.258 e. The van der Waals surface area contributed by atoms with Crippen molar-refractivity contribution >= 4 is 17.5 Å². The summed E-state index contributed by atoms with van der Waals surface area (Å²) in [5, 5.41) is 2.81. The summed E-state index contributed by atoms with van der Waals surface area (Å²) in [4.78, 5) is 11.6. The molecule has 0 saturated carbocycles. The van der Waals surface area contributed by atoms with Crippen molar-refractivity contribution in [2.45, 2.75) is 32.7 Å². The van der Waals surface area contributed by atoms with E-state index in [0.717, 1.165) is 6.42 Å². The number of amides is 1. The van der Waals surface area contributed by atoms with E-state index in [4.69, 9.17) is 16.3 Å². The van der Waals surface area contributed by atoms with Gasteiger partial charge in [0.05, 0.1) is 5.02 Å². The third kappa shape index (κ3) is 4.53. The molecule has 5 heteroatoms. The van der Waals surface area contributed by atoms with Crippen LogP contribution in [-0.4, -0.2) is 18.1 Å². The van der Waals surface area contributed by atoms with Crippen LogP contribution in [0.2, 0.25) is 5.02 Å². The summed E-state index contributed by atoms with van der Waals surface area (Å²) >= 11 is 5.60. The standard InChI is InChI=1S/C13H17ClFNO2/c1-4-13(2,3)16-12(17)8-18-9-5-6-11(15)10(14)7-9/h5-7H,4,8H2,1-3H3,(H,16,17). The van der Waals surface area contributed by atoms with Gasteiger partial charge in [-0.1, -0.05) is 18.5 Å². The van der Waals surface area contributed by atoms with Gasteiger partial charge in [-0.2, -0.15) is 0 Å². The summed E-state index contributed by atoms with van der Waals surface area (Å²) < 4.78 is 18.1. The number of carbonyl (C=O) groups is 1. The molecule has 0 radical (unpaired) electrons. The molecule has 1 N–H and O–H groups in total. The third-order valence-electron chi connectivity index (χ3n) is 2.62. The number of nitrogens with one attached hydrogen (secondary N) is 1. The van der Waals surface area contributed by atoms with Gasteiger partial charge in [-0.25, -0.2) is 4.39 Å². The third-order valence-corrected chi connectivity index (χ3v) is 2.91. The first-order chi connectivity index (χ1) is 8.34. The predicted molar refractivity (Wildman–Crippen MR) is 69.4 cm³/mol. The van der Waals surface area contributed by atoms with E-state index in [2.05, 4.69) is 5.32 Å². The van der Waals surface area contributed by atoms with Gasteiger partial charge in [0.1, 0.15) is 11.6 Å². The van der Waals surface area contributed by atoms with Gasteiger partial charge in [-0.3, -0.25) is 4.79 Å². The van der Waals surface area contributed by atoms with Gasteiger partial charge in [0.15, 0.2) is 6.61 Å². The second-order valence-corrected chi connectivity index (χ2v) is 5.06. The van der Waals surface area contributed by atoms with Crippen molar-refractivity contribution in [1.29, 1.82) is 0 Å². The minimum absolute atomic E-state index is 0.0261. The van der Waals surface area contributed by atoms with E-state index in [1.54, 1.807) is 0 Å². The monoisotopic (exact) mass is 273 g/mol. The van der Waals surface area contributed by atoms with Crippen molar-refractivity contribution in [1.82, 2.24) is 5.32 Å². The van der Waals surface area contributed by atoms with Gasteiger partial charge in [0, 0.05) is 11.6 Å². The molecule has 0 heterocycles. The first-order valence-electron chi connectivity index (χ1n) is 5.73. The largest absolute Gasteiger partial charge is 0.484 e. The molecule has 0 saturated heterocycles. The van der Waals surface area contributed by atoms with Gasteiger partial charge in [0.25, 0.3) is 5.91 Å². The van der Waals surface area contributed by atoms with E-state index in [9.17, 15) is 9.18 Å². The van der Waals surface area contributed by atoms with Gasteiger partial charge in [-0.15, -0.1) is 0 Å². The highest BCUT2D eigenvalue weighted by atomic mass is 35.5. The Balaban J connectivity index is 2.50. The fraction of sp³-hybridized carbons (Fsp3) is 0.462. The normalized spacial score (nSPS) is 11.2. The maximum absolute atomic E-state index is 12.9. The molecule has 3 nitrogen and oxygen atoms in total. The van der Waals surface area contributed by atoms with Gasteiger partial charge < -0.3 is 10.1 Å². The van der Waals surface area contributed by atoms with Crippen LogP contribution in [0.15, 0.2) is 18.2 Å². The fourth-order valence-corrected chi connectivity index (χ4v) is 1.39. The zero-order chi connectivity index (χ0) is 13.8. The van der Waals surface area contributed by atoms with E-state index >= 15 is 0 Å². The Morgan fingerprint density at radius 3 is 2.72 bits per heavy atom. The second kappa shape index (κ2) is 6.05. The molecule has 0 fully saturated rings. The van der Waals surface area contributed by atoms with E-state index in [0.29, 0.717) is 5.75 Å². The highest BCUT2D eigenvalue weighted by molar-refractivity contribution is 6.30. The Bertz CT molecular complexity index is 435. The minimum atomic E-state index is -0.513. The maximum atomic E-state index is 12.9. The first-order valence-corrected chi connectivity index (χ1v) is 6.11. The van der Waals surface area contributed by atoms with Crippen LogP contribution in [-0.2, 0) is 4.79 Å². The molecule has 0 bridgehead atoms. The van der Waals surface area contributed by atoms with E-state index < -0.39 is 5.82 Å². The molecule has 1 rings (SSSR count). The number of hydrogen-bond acceptors (Lipinski definition) is 2. The number of halogens is 2. The number of ether oxygens (including phenoxy) is 1. The van der Waals surface area contributed by atoms with Crippen LogP contribution in [0.5, 0.6) is 5.75 Å². The van der Waals surface area contributed by atoms with Crippen molar-refractivity contribution in [3.63, 3.8) is 0 Å². The zero-order valence-electron chi connectivity index (χ0n) is 10.7. The zero-order valence-corrected chi connectivity index (χ0v) is 11.5. The Morgan fingerprint density at radius 1 is 1.50 bits per heavy atom. The topological polar surface area (TPSA) is 38.3 Å². The quantitative estimate of drug-likeness (QED) is 0.895. The fourth-order valence-electron chi connectivity index (χ4n) is 1.22. The van der Waals surface area contributed by atoms with Crippen molar-refractivity contribution in [3.05, 3.63) is 29.0 Å². The van der Waals surface area contributed by atoms with Gasteiger partial charge in [-0.05, 0) is 32.4 Å². The number of carbonyl (C=O) groups excluding carboxylic acids is 1. The van der Waals surface area contributed by atoms with Crippen molar-refractivity contribution in [2.75, 3.05) is 6.61 Å². The van der Waals surface area contributed by atoms with Crippen LogP contribution >= 0.6 is 11.6 Å².